The van der Waals surface area contributed by atoms with E-state index in [9.17, 15) is 0 Å². The quantitative estimate of drug-likeness (QED) is 0.708. The molecule has 0 amide bonds. The molecule has 1 rings (SSSR count). The van der Waals surface area contributed by atoms with Gasteiger partial charge in [-0.25, -0.2) is 0 Å². The second-order valence-electron chi connectivity index (χ2n) is 4.52. The zero-order valence-corrected chi connectivity index (χ0v) is 10.8. The molecule has 0 radical (unpaired) electrons. The van der Waals surface area contributed by atoms with Crippen molar-refractivity contribution in [3.63, 3.8) is 0 Å². The summed E-state index contributed by atoms with van der Waals surface area (Å²) < 4.78 is 0. The van der Waals surface area contributed by atoms with Crippen LogP contribution in [0.3, 0.4) is 0 Å². The van der Waals surface area contributed by atoms with Gasteiger partial charge in [0.05, 0.1) is 0 Å². The minimum absolute atomic E-state index is 0.631. The SMILES string of the molecule is CCC(CC)CNC(=S)NC1CCCC1. The molecule has 0 unspecified atom stereocenters. The average molecular weight is 228 g/mol. The van der Waals surface area contributed by atoms with Gasteiger partial charge in [0.1, 0.15) is 0 Å². The summed E-state index contributed by atoms with van der Waals surface area (Å²) in [6.45, 7) is 5.50. The molecule has 0 spiro atoms. The molecule has 2 nitrogen and oxygen atoms in total. The second kappa shape index (κ2) is 7.04. The first kappa shape index (κ1) is 12.8. The molecule has 1 aliphatic carbocycles. The zero-order chi connectivity index (χ0) is 11.1. The van der Waals surface area contributed by atoms with Gasteiger partial charge in [-0.15, -0.1) is 0 Å². The molecule has 0 bridgehead atoms. The molecule has 0 saturated heterocycles. The van der Waals surface area contributed by atoms with E-state index < -0.39 is 0 Å². The van der Waals surface area contributed by atoms with E-state index in [1.165, 1.54) is 38.5 Å². The van der Waals surface area contributed by atoms with Crippen molar-refractivity contribution in [1.82, 2.24) is 10.6 Å². The molecular weight excluding hydrogens is 204 g/mol. The van der Waals surface area contributed by atoms with Gasteiger partial charge in [0, 0.05) is 12.6 Å². The first-order valence-electron chi connectivity index (χ1n) is 6.30. The standard InChI is InChI=1S/C12H24N2S/c1-3-10(4-2)9-13-12(15)14-11-7-5-6-8-11/h10-11H,3-9H2,1-2H3,(H2,13,14,15). The molecule has 0 atom stereocenters. The maximum atomic E-state index is 5.28. The molecule has 0 heterocycles. The summed E-state index contributed by atoms with van der Waals surface area (Å²) in [5.41, 5.74) is 0. The summed E-state index contributed by atoms with van der Waals surface area (Å²) in [5.74, 6) is 0.758. The Bertz CT molecular complexity index is 184. The van der Waals surface area contributed by atoms with Crippen LogP contribution in [0.25, 0.3) is 0 Å². The predicted octanol–water partition coefficient (Wildman–Crippen LogP) is 2.83. The summed E-state index contributed by atoms with van der Waals surface area (Å²) in [4.78, 5) is 0. The highest BCUT2D eigenvalue weighted by Crippen LogP contribution is 2.17. The zero-order valence-electron chi connectivity index (χ0n) is 10.0. The number of rotatable bonds is 5. The number of hydrogen-bond donors (Lipinski definition) is 2. The molecule has 0 aromatic heterocycles. The van der Waals surface area contributed by atoms with Crippen LogP contribution in [0, 0.1) is 5.92 Å². The maximum absolute atomic E-state index is 5.28. The summed E-state index contributed by atoms with van der Waals surface area (Å²) in [7, 11) is 0. The summed E-state index contributed by atoms with van der Waals surface area (Å²) in [6, 6.07) is 0.631. The van der Waals surface area contributed by atoms with E-state index in [1.54, 1.807) is 0 Å². The topological polar surface area (TPSA) is 24.1 Å². The van der Waals surface area contributed by atoms with Crippen molar-refractivity contribution in [1.29, 1.82) is 0 Å². The summed E-state index contributed by atoms with van der Waals surface area (Å²) in [5, 5.41) is 7.59. The largest absolute Gasteiger partial charge is 0.362 e. The smallest absolute Gasteiger partial charge is 0.166 e. The van der Waals surface area contributed by atoms with Crippen molar-refractivity contribution >= 4 is 17.3 Å². The second-order valence-corrected chi connectivity index (χ2v) is 4.93. The Labute approximate surface area is 99.2 Å². The van der Waals surface area contributed by atoms with Crippen LogP contribution in [0.2, 0.25) is 0 Å². The number of thiocarbonyl (C=S) groups is 1. The Kier molecular flexibility index (Phi) is 5.99. The Morgan fingerprint density at radius 2 is 1.87 bits per heavy atom. The van der Waals surface area contributed by atoms with Gasteiger partial charge in [-0.2, -0.15) is 0 Å². The third kappa shape index (κ3) is 4.83. The van der Waals surface area contributed by atoms with Crippen LogP contribution in [0.15, 0.2) is 0 Å². The van der Waals surface area contributed by atoms with Crippen LogP contribution in [0.5, 0.6) is 0 Å². The number of hydrogen-bond acceptors (Lipinski definition) is 1. The van der Waals surface area contributed by atoms with E-state index in [0.717, 1.165) is 17.6 Å². The lowest BCUT2D eigenvalue weighted by molar-refractivity contribution is 0.480. The van der Waals surface area contributed by atoms with Crippen LogP contribution in [-0.2, 0) is 0 Å². The molecule has 88 valence electrons. The van der Waals surface area contributed by atoms with Gasteiger partial charge in [0.25, 0.3) is 0 Å². The fourth-order valence-corrected chi connectivity index (χ4v) is 2.37. The molecule has 0 aromatic carbocycles. The Morgan fingerprint density at radius 1 is 1.27 bits per heavy atom. The van der Waals surface area contributed by atoms with Gasteiger partial charge in [0.15, 0.2) is 5.11 Å². The Hall–Kier alpha value is -0.310. The molecule has 15 heavy (non-hydrogen) atoms. The highest BCUT2D eigenvalue weighted by Gasteiger charge is 2.15. The van der Waals surface area contributed by atoms with Crippen molar-refractivity contribution in [2.75, 3.05) is 6.54 Å². The lowest BCUT2D eigenvalue weighted by atomic mass is 10.0. The van der Waals surface area contributed by atoms with E-state index in [1.807, 2.05) is 0 Å². The van der Waals surface area contributed by atoms with Crippen LogP contribution in [0.4, 0.5) is 0 Å². The predicted molar refractivity (Wildman–Crippen MR) is 70.1 cm³/mol. The molecule has 0 aromatic rings. The first-order chi connectivity index (χ1) is 7.26. The monoisotopic (exact) mass is 228 g/mol. The average Bonchev–Trinajstić information content (AvgIpc) is 2.72. The molecule has 3 heteroatoms. The molecule has 1 aliphatic rings. The van der Waals surface area contributed by atoms with Crippen molar-refractivity contribution < 1.29 is 0 Å². The van der Waals surface area contributed by atoms with E-state index in [0.29, 0.717) is 6.04 Å². The first-order valence-corrected chi connectivity index (χ1v) is 6.71. The van der Waals surface area contributed by atoms with E-state index in [4.69, 9.17) is 12.2 Å². The van der Waals surface area contributed by atoms with Crippen LogP contribution in [0.1, 0.15) is 52.4 Å². The molecule has 1 fully saturated rings. The lowest BCUT2D eigenvalue weighted by Crippen LogP contribution is -2.42. The number of nitrogens with one attached hydrogen (secondary N) is 2. The van der Waals surface area contributed by atoms with Crippen molar-refractivity contribution in [3.8, 4) is 0 Å². The highest BCUT2D eigenvalue weighted by atomic mass is 32.1. The van der Waals surface area contributed by atoms with Gasteiger partial charge < -0.3 is 10.6 Å². The van der Waals surface area contributed by atoms with Gasteiger partial charge >= 0.3 is 0 Å². The third-order valence-corrected chi connectivity index (χ3v) is 3.66. The Morgan fingerprint density at radius 3 is 2.40 bits per heavy atom. The normalized spacial score (nSPS) is 17.0. The van der Waals surface area contributed by atoms with Crippen molar-refractivity contribution in [2.45, 2.75) is 58.4 Å². The Balaban J connectivity index is 2.12. The summed E-state index contributed by atoms with van der Waals surface area (Å²) >= 11 is 5.28. The van der Waals surface area contributed by atoms with Crippen LogP contribution < -0.4 is 10.6 Å². The van der Waals surface area contributed by atoms with E-state index in [-0.39, 0.29) is 0 Å². The van der Waals surface area contributed by atoms with Gasteiger partial charge in [-0.1, -0.05) is 39.5 Å². The van der Waals surface area contributed by atoms with Gasteiger partial charge in [-0.3, -0.25) is 0 Å². The molecule has 0 aliphatic heterocycles. The van der Waals surface area contributed by atoms with Crippen molar-refractivity contribution in [3.05, 3.63) is 0 Å². The van der Waals surface area contributed by atoms with Crippen LogP contribution >= 0.6 is 12.2 Å². The minimum Gasteiger partial charge on any atom is -0.362 e. The van der Waals surface area contributed by atoms with E-state index >= 15 is 0 Å². The highest BCUT2D eigenvalue weighted by molar-refractivity contribution is 7.80. The minimum atomic E-state index is 0.631. The molecule has 1 saturated carbocycles. The van der Waals surface area contributed by atoms with Crippen molar-refractivity contribution in [2.24, 2.45) is 5.92 Å². The molecular formula is C12H24N2S. The molecule has 2 N–H and O–H groups in total. The van der Waals surface area contributed by atoms with Gasteiger partial charge in [0.2, 0.25) is 0 Å². The fraction of sp³-hybridized carbons (Fsp3) is 0.917. The fourth-order valence-electron chi connectivity index (χ4n) is 2.12. The lowest BCUT2D eigenvalue weighted by Gasteiger charge is -2.18. The van der Waals surface area contributed by atoms with E-state index in [2.05, 4.69) is 24.5 Å². The van der Waals surface area contributed by atoms with Gasteiger partial charge in [-0.05, 0) is 31.0 Å². The maximum Gasteiger partial charge on any atom is 0.166 e. The summed E-state index contributed by atoms with van der Waals surface area (Å²) in [6.07, 6.45) is 7.74. The van der Waals surface area contributed by atoms with Crippen LogP contribution in [-0.4, -0.2) is 17.7 Å². The third-order valence-electron chi connectivity index (χ3n) is 3.40.